The smallest absolute Gasteiger partial charge is 0.405 e. The number of ether oxygens (including phenoxy) is 1. The fourth-order valence-electron chi connectivity index (χ4n) is 2.14. The first-order valence-electron chi connectivity index (χ1n) is 7.92. The number of furan rings is 1. The van der Waals surface area contributed by atoms with Crippen molar-refractivity contribution in [2.24, 2.45) is 0 Å². The molecule has 8 heteroatoms. The van der Waals surface area contributed by atoms with Crippen molar-refractivity contribution < 1.29 is 31.9 Å². The van der Waals surface area contributed by atoms with Gasteiger partial charge in [-0.15, -0.1) is 0 Å². The van der Waals surface area contributed by atoms with Gasteiger partial charge in [0, 0.05) is 12.0 Å². The molecule has 0 fully saturated rings. The lowest BCUT2D eigenvalue weighted by Gasteiger charge is -2.14. The lowest BCUT2D eigenvalue weighted by Crippen LogP contribution is -2.40. The molecule has 0 saturated heterocycles. The van der Waals surface area contributed by atoms with Gasteiger partial charge in [-0.25, -0.2) is 0 Å². The molecule has 1 aromatic heterocycles. The van der Waals surface area contributed by atoms with E-state index in [4.69, 9.17) is 9.15 Å². The summed E-state index contributed by atoms with van der Waals surface area (Å²) in [7, 11) is 0. The van der Waals surface area contributed by atoms with Gasteiger partial charge >= 0.3 is 12.1 Å². The van der Waals surface area contributed by atoms with Crippen LogP contribution in [0, 0.1) is 0 Å². The van der Waals surface area contributed by atoms with E-state index in [1.54, 1.807) is 17.4 Å². The number of aryl methyl sites for hydroxylation is 1. The van der Waals surface area contributed by atoms with Gasteiger partial charge in [0.25, 0.3) is 5.91 Å². The number of hydrogen-bond acceptors (Lipinski definition) is 4. The fourth-order valence-corrected chi connectivity index (χ4v) is 2.14. The monoisotopic (exact) mass is 369 g/mol. The Hall–Kier alpha value is -2.77. The Morgan fingerprint density at radius 3 is 2.50 bits per heavy atom. The molecule has 0 bridgehead atoms. The Bertz CT molecular complexity index is 740. The number of alkyl halides is 3. The van der Waals surface area contributed by atoms with Crippen LogP contribution >= 0.6 is 0 Å². The highest BCUT2D eigenvalue weighted by atomic mass is 19.4. The van der Waals surface area contributed by atoms with E-state index in [0.717, 1.165) is 5.56 Å². The summed E-state index contributed by atoms with van der Waals surface area (Å²) in [5, 5.41) is 1.66. The molecule has 0 aliphatic heterocycles. The van der Waals surface area contributed by atoms with Crippen LogP contribution in [-0.4, -0.2) is 30.7 Å². The first-order chi connectivity index (χ1) is 12.2. The van der Waals surface area contributed by atoms with Crippen LogP contribution in [0.3, 0.4) is 0 Å². The molecule has 0 saturated carbocycles. The molecule has 140 valence electrons. The molecule has 1 atom stereocenters. The van der Waals surface area contributed by atoms with Gasteiger partial charge in [0.1, 0.15) is 18.1 Å². The number of carbonyl (C=O) groups excluding carboxylic acids is 2. The largest absolute Gasteiger partial charge is 0.461 e. The number of benzene rings is 1. The van der Waals surface area contributed by atoms with E-state index in [9.17, 15) is 22.8 Å². The van der Waals surface area contributed by atoms with E-state index in [-0.39, 0.29) is 12.8 Å². The van der Waals surface area contributed by atoms with Crippen LogP contribution in [-0.2, 0) is 20.7 Å². The Morgan fingerprint density at radius 2 is 1.85 bits per heavy atom. The maximum absolute atomic E-state index is 12.0. The minimum absolute atomic E-state index is 0.0569. The van der Waals surface area contributed by atoms with E-state index < -0.39 is 30.7 Å². The average Bonchev–Trinajstić information content (AvgIpc) is 3.07. The minimum Gasteiger partial charge on any atom is -0.461 e. The van der Waals surface area contributed by atoms with E-state index >= 15 is 0 Å². The maximum atomic E-state index is 12.0. The topological polar surface area (TPSA) is 68.5 Å². The Labute approximate surface area is 148 Å². The van der Waals surface area contributed by atoms with Gasteiger partial charge in [-0.3, -0.25) is 9.59 Å². The number of hydrogen-bond donors (Lipinski definition) is 1. The van der Waals surface area contributed by atoms with Crippen LogP contribution in [0.2, 0.25) is 0 Å². The van der Waals surface area contributed by atoms with Gasteiger partial charge < -0.3 is 14.5 Å². The summed E-state index contributed by atoms with van der Waals surface area (Å²) in [4.78, 5) is 23.2. The molecule has 2 aromatic rings. The zero-order valence-corrected chi connectivity index (χ0v) is 14.0. The van der Waals surface area contributed by atoms with Crippen LogP contribution in [0.1, 0.15) is 19.1 Å². The molecule has 1 amide bonds. The summed E-state index contributed by atoms with van der Waals surface area (Å²) in [6.07, 6.45) is -5.63. The Kier molecular flexibility index (Phi) is 6.43. The van der Waals surface area contributed by atoms with Crippen molar-refractivity contribution in [1.29, 1.82) is 0 Å². The molecule has 1 aromatic carbocycles. The van der Waals surface area contributed by atoms with Crippen molar-refractivity contribution in [3.63, 3.8) is 0 Å². The van der Waals surface area contributed by atoms with E-state index in [1.807, 2.05) is 30.3 Å². The van der Waals surface area contributed by atoms with Gasteiger partial charge in [0.05, 0.1) is 6.42 Å². The average molecular weight is 369 g/mol. The lowest BCUT2D eigenvalue weighted by atomic mass is 10.2. The van der Waals surface area contributed by atoms with Crippen molar-refractivity contribution >= 4 is 11.9 Å². The number of esters is 1. The van der Waals surface area contributed by atoms with Gasteiger partial charge in [-0.1, -0.05) is 30.3 Å². The molecule has 0 spiro atoms. The summed E-state index contributed by atoms with van der Waals surface area (Å²) in [6, 6.07) is 12.9. The summed E-state index contributed by atoms with van der Waals surface area (Å²) in [5.74, 6) is -0.471. The molecular weight excluding hydrogens is 351 g/mol. The quantitative estimate of drug-likeness (QED) is 0.759. The zero-order chi connectivity index (χ0) is 19.2. The zero-order valence-electron chi connectivity index (χ0n) is 14.0. The van der Waals surface area contributed by atoms with E-state index in [0.29, 0.717) is 11.5 Å². The molecule has 0 unspecified atom stereocenters. The number of carbonyl (C=O) groups is 2. The molecule has 26 heavy (non-hydrogen) atoms. The van der Waals surface area contributed by atoms with Crippen LogP contribution in [0.4, 0.5) is 13.2 Å². The summed E-state index contributed by atoms with van der Waals surface area (Å²) < 4.78 is 46.6. The first kappa shape index (κ1) is 19.6. The van der Waals surface area contributed by atoms with Gasteiger partial charge in [0.15, 0.2) is 6.10 Å². The van der Waals surface area contributed by atoms with Gasteiger partial charge in [0.2, 0.25) is 0 Å². The number of amides is 1. The molecule has 0 aliphatic carbocycles. The van der Waals surface area contributed by atoms with Gasteiger partial charge in [-0.2, -0.15) is 13.2 Å². The summed E-state index contributed by atoms with van der Waals surface area (Å²) >= 11 is 0. The molecule has 5 nitrogen and oxygen atoms in total. The summed E-state index contributed by atoms with van der Waals surface area (Å²) in [6.45, 7) is -0.258. The van der Waals surface area contributed by atoms with Crippen molar-refractivity contribution in [2.45, 2.75) is 32.0 Å². The van der Waals surface area contributed by atoms with Crippen molar-refractivity contribution in [2.75, 3.05) is 6.54 Å². The number of halogens is 3. The third kappa shape index (κ3) is 6.27. The van der Waals surface area contributed by atoms with Crippen LogP contribution in [0.15, 0.2) is 46.9 Å². The van der Waals surface area contributed by atoms with E-state index in [1.165, 1.54) is 6.92 Å². The maximum Gasteiger partial charge on any atom is 0.405 e. The predicted molar refractivity (Wildman–Crippen MR) is 87.1 cm³/mol. The third-order valence-corrected chi connectivity index (χ3v) is 3.44. The molecule has 1 N–H and O–H groups in total. The molecule has 0 radical (unpaired) electrons. The highest BCUT2D eigenvalue weighted by Crippen LogP contribution is 2.22. The SMILES string of the molecule is C[C@@H](OC(=O)CCc1ccc(-c2ccccc2)o1)C(=O)NCC(F)(F)F. The second kappa shape index (κ2) is 8.55. The van der Waals surface area contributed by atoms with Crippen molar-refractivity contribution in [3.05, 3.63) is 48.2 Å². The first-order valence-corrected chi connectivity index (χ1v) is 7.92. The van der Waals surface area contributed by atoms with Crippen LogP contribution in [0.25, 0.3) is 11.3 Å². The second-order valence-corrected chi connectivity index (χ2v) is 5.60. The van der Waals surface area contributed by atoms with Crippen LogP contribution in [0.5, 0.6) is 0 Å². The predicted octanol–water partition coefficient (Wildman–Crippen LogP) is 3.49. The Balaban J connectivity index is 1.78. The third-order valence-electron chi connectivity index (χ3n) is 3.44. The molecule has 0 aliphatic rings. The van der Waals surface area contributed by atoms with Gasteiger partial charge in [-0.05, 0) is 19.1 Å². The standard InChI is InChI=1S/C18H18F3NO4/c1-12(17(24)22-11-18(19,20)21)25-16(23)10-8-14-7-9-15(26-14)13-5-3-2-4-6-13/h2-7,9,12H,8,10-11H2,1H3,(H,22,24)/t12-/m1/s1. The number of nitrogens with one attached hydrogen (secondary N) is 1. The Morgan fingerprint density at radius 1 is 1.15 bits per heavy atom. The van der Waals surface area contributed by atoms with Crippen molar-refractivity contribution in [3.8, 4) is 11.3 Å². The van der Waals surface area contributed by atoms with E-state index in [2.05, 4.69) is 0 Å². The highest BCUT2D eigenvalue weighted by Gasteiger charge is 2.29. The minimum atomic E-state index is -4.52. The molecular formula is C18H18F3NO4. The van der Waals surface area contributed by atoms with Crippen molar-refractivity contribution in [1.82, 2.24) is 5.32 Å². The van der Waals surface area contributed by atoms with Crippen LogP contribution < -0.4 is 5.32 Å². The normalized spacial score (nSPS) is 12.5. The number of rotatable bonds is 7. The second-order valence-electron chi connectivity index (χ2n) is 5.60. The lowest BCUT2D eigenvalue weighted by molar-refractivity contribution is -0.157. The summed E-state index contributed by atoms with van der Waals surface area (Å²) in [5.41, 5.74) is 0.899. The fraction of sp³-hybridized carbons (Fsp3) is 0.333. The molecule has 1 heterocycles. The highest BCUT2D eigenvalue weighted by molar-refractivity contribution is 5.83. The molecule has 2 rings (SSSR count).